The molecule has 0 aliphatic heterocycles. The van der Waals surface area contributed by atoms with Crippen molar-refractivity contribution in [2.24, 2.45) is 5.92 Å². The molecule has 1 unspecified atom stereocenters. The molecule has 0 radical (unpaired) electrons. The van der Waals surface area contributed by atoms with Crippen LogP contribution < -0.4 is 10.1 Å². The third-order valence-corrected chi connectivity index (χ3v) is 2.72. The standard InChI is InChI=1S/C15H21NO3/c1-3-10-19-14-6-4-13(5-7-14)15(18)16-11-12(2)8-9-17/h3-7,12,17H,1,8-11H2,2H3,(H,16,18). The number of carbonyl (C=O) groups is 1. The van der Waals surface area contributed by atoms with Crippen LogP contribution in [0.5, 0.6) is 5.75 Å². The van der Waals surface area contributed by atoms with Crippen molar-refractivity contribution in [2.75, 3.05) is 19.8 Å². The lowest BCUT2D eigenvalue weighted by Crippen LogP contribution is -2.28. The Morgan fingerprint density at radius 3 is 2.74 bits per heavy atom. The second-order valence-electron chi connectivity index (χ2n) is 4.45. The van der Waals surface area contributed by atoms with E-state index >= 15 is 0 Å². The topological polar surface area (TPSA) is 58.6 Å². The van der Waals surface area contributed by atoms with Gasteiger partial charge in [-0.3, -0.25) is 4.79 Å². The average Bonchev–Trinajstić information content (AvgIpc) is 2.43. The van der Waals surface area contributed by atoms with Crippen LogP contribution in [0.1, 0.15) is 23.7 Å². The molecule has 0 saturated carbocycles. The van der Waals surface area contributed by atoms with Gasteiger partial charge in [0.15, 0.2) is 0 Å². The number of hydrogen-bond acceptors (Lipinski definition) is 3. The Morgan fingerprint density at radius 1 is 1.47 bits per heavy atom. The predicted octanol–water partition coefficient (Wildman–Crippen LogP) is 2.00. The van der Waals surface area contributed by atoms with Gasteiger partial charge in [-0.2, -0.15) is 0 Å². The number of amides is 1. The van der Waals surface area contributed by atoms with Crippen LogP contribution in [0.4, 0.5) is 0 Å². The molecule has 1 aromatic carbocycles. The first kappa shape index (κ1) is 15.2. The molecular formula is C15H21NO3. The Kier molecular flexibility index (Phi) is 6.68. The van der Waals surface area contributed by atoms with Gasteiger partial charge in [-0.25, -0.2) is 0 Å². The van der Waals surface area contributed by atoms with Crippen LogP contribution in [0.2, 0.25) is 0 Å². The number of ether oxygens (including phenoxy) is 1. The maximum Gasteiger partial charge on any atom is 0.251 e. The summed E-state index contributed by atoms with van der Waals surface area (Å²) in [5.41, 5.74) is 0.599. The van der Waals surface area contributed by atoms with E-state index in [0.717, 1.165) is 0 Å². The molecule has 1 aromatic rings. The molecule has 1 atom stereocenters. The van der Waals surface area contributed by atoms with E-state index in [9.17, 15) is 4.79 Å². The summed E-state index contributed by atoms with van der Waals surface area (Å²) in [6, 6.07) is 6.97. The van der Waals surface area contributed by atoms with Crippen molar-refractivity contribution in [2.45, 2.75) is 13.3 Å². The van der Waals surface area contributed by atoms with Gasteiger partial charge < -0.3 is 15.2 Å². The van der Waals surface area contributed by atoms with Gasteiger partial charge in [-0.15, -0.1) is 0 Å². The summed E-state index contributed by atoms with van der Waals surface area (Å²) in [4.78, 5) is 11.8. The number of carbonyl (C=O) groups excluding carboxylic acids is 1. The van der Waals surface area contributed by atoms with Gasteiger partial charge >= 0.3 is 0 Å². The van der Waals surface area contributed by atoms with Crippen molar-refractivity contribution in [1.82, 2.24) is 5.32 Å². The largest absolute Gasteiger partial charge is 0.490 e. The fraction of sp³-hybridized carbons (Fsp3) is 0.400. The van der Waals surface area contributed by atoms with Gasteiger partial charge in [0.25, 0.3) is 5.91 Å². The molecule has 0 aliphatic carbocycles. The van der Waals surface area contributed by atoms with Gasteiger partial charge in [-0.05, 0) is 36.6 Å². The van der Waals surface area contributed by atoms with E-state index < -0.39 is 0 Å². The van der Waals surface area contributed by atoms with Gasteiger partial charge in [0.1, 0.15) is 12.4 Å². The average molecular weight is 263 g/mol. The van der Waals surface area contributed by atoms with Gasteiger partial charge in [0.05, 0.1) is 0 Å². The van der Waals surface area contributed by atoms with Crippen molar-refractivity contribution >= 4 is 5.91 Å². The minimum atomic E-state index is -0.111. The van der Waals surface area contributed by atoms with Crippen LogP contribution in [0.25, 0.3) is 0 Å². The lowest BCUT2D eigenvalue weighted by atomic mass is 10.1. The molecule has 4 heteroatoms. The SMILES string of the molecule is C=CCOc1ccc(C(=O)NCC(C)CCO)cc1. The highest BCUT2D eigenvalue weighted by molar-refractivity contribution is 5.94. The fourth-order valence-electron chi connectivity index (χ4n) is 1.55. The van der Waals surface area contributed by atoms with E-state index in [-0.39, 0.29) is 18.4 Å². The Morgan fingerprint density at radius 2 is 2.16 bits per heavy atom. The summed E-state index contributed by atoms with van der Waals surface area (Å²) in [7, 11) is 0. The lowest BCUT2D eigenvalue weighted by Gasteiger charge is -2.11. The highest BCUT2D eigenvalue weighted by Gasteiger charge is 2.07. The van der Waals surface area contributed by atoms with E-state index in [4.69, 9.17) is 9.84 Å². The minimum absolute atomic E-state index is 0.111. The van der Waals surface area contributed by atoms with Gasteiger partial charge in [0.2, 0.25) is 0 Å². The third kappa shape index (κ3) is 5.57. The summed E-state index contributed by atoms with van der Waals surface area (Å²) < 4.78 is 5.34. The molecule has 0 aliphatic rings. The number of aliphatic hydroxyl groups is 1. The molecule has 2 N–H and O–H groups in total. The van der Waals surface area contributed by atoms with Crippen LogP contribution in [0.3, 0.4) is 0 Å². The maximum atomic E-state index is 11.8. The molecule has 0 spiro atoms. The summed E-state index contributed by atoms with van der Waals surface area (Å²) in [6.07, 6.45) is 2.36. The van der Waals surface area contributed by atoms with Crippen molar-refractivity contribution in [3.05, 3.63) is 42.5 Å². The molecule has 0 saturated heterocycles. The Hall–Kier alpha value is -1.81. The highest BCUT2D eigenvalue weighted by Crippen LogP contribution is 2.12. The first-order chi connectivity index (χ1) is 9.17. The Bertz CT molecular complexity index is 400. The van der Waals surface area contributed by atoms with Crippen LogP contribution >= 0.6 is 0 Å². The van der Waals surface area contributed by atoms with E-state index in [1.165, 1.54) is 0 Å². The van der Waals surface area contributed by atoms with Crippen molar-refractivity contribution in [3.8, 4) is 5.75 Å². The van der Waals surface area contributed by atoms with Crippen molar-refractivity contribution < 1.29 is 14.6 Å². The normalized spacial score (nSPS) is 11.7. The summed E-state index contributed by atoms with van der Waals surface area (Å²) in [5.74, 6) is 0.870. The Labute approximate surface area is 114 Å². The molecule has 0 heterocycles. The summed E-state index contributed by atoms with van der Waals surface area (Å²) in [5, 5.41) is 11.6. The second kappa shape index (κ2) is 8.32. The van der Waals surface area contributed by atoms with E-state index in [1.807, 2.05) is 6.92 Å². The van der Waals surface area contributed by atoms with Crippen LogP contribution in [0, 0.1) is 5.92 Å². The molecule has 4 nitrogen and oxygen atoms in total. The van der Waals surface area contributed by atoms with E-state index in [0.29, 0.717) is 30.9 Å². The highest BCUT2D eigenvalue weighted by atomic mass is 16.5. The van der Waals surface area contributed by atoms with Gasteiger partial charge in [-0.1, -0.05) is 19.6 Å². The Balaban J connectivity index is 2.46. The van der Waals surface area contributed by atoms with Crippen molar-refractivity contribution in [1.29, 1.82) is 0 Å². The zero-order valence-electron chi connectivity index (χ0n) is 11.3. The number of rotatable bonds is 8. The number of aliphatic hydroxyl groups excluding tert-OH is 1. The van der Waals surface area contributed by atoms with Crippen LogP contribution in [-0.2, 0) is 0 Å². The zero-order chi connectivity index (χ0) is 14.1. The minimum Gasteiger partial charge on any atom is -0.490 e. The van der Waals surface area contributed by atoms with Crippen molar-refractivity contribution in [3.63, 3.8) is 0 Å². The summed E-state index contributed by atoms with van der Waals surface area (Å²) in [6.45, 7) is 6.72. The number of hydrogen-bond donors (Lipinski definition) is 2. The molecular weight excluding hydrogens is 242 g/mol. The first-order valence-electron chi connectivity index (χ1n) is 6.40. The maximum absolute atomic E-state index is 11.8. The zero-order valence-corrected chi connectivity index (χ0v) is 11.3. The van der Waals surface area contributed by atoms with E-state index in [1.54, 1.807) is 30.3 Å². The number of benzene rings is 1. The van der Waals surface area contributed by atoms with Crippen LogP contribution in [0.15, 0.2) is 36.9 Å². The molecule has 0 bridgehead atoms. The predicted molar refractivity (Wildman–Crippen MR) is 75.3 cm³/mol. The fourth-order valence-corrected chi connectivity index (χ4v) is 1.55. The molecule has 19 heavy (non-hydrogen) atoms. The first-order valence-corrected chi connectivity index (χ1v) is 6.40. The third-order valence-electron chi connectivity index (χ3n) is 2.72. The molecule has 104 valence electrons. The second-order valence-corrected chi connectivity index (χ2v) is 4.45. The molecule has 1 rings (SSSR count). The summed E-state index contributed by atoms with van der Waals surface area (Å²) >= 11 is 0. The molecule has 1 amide bonds. The monoisotopic (exact) mass is 263 g/mol. The van der Waals surface area contributed by atoms with Gasteiger partial charge in [0, 0.05) is 18.7 Å². The number of nitrogens with one attached hydrogen (secondary N) is 1. The smallest absolute Gasteiger partial charge is 0.251 e. The van der Waals surface area contributed by atoms with E-state index in [2.05, 4.69) is 11.9 Å². The lowest BCUT2D eigenvalue weighted by molar-refractivity contribution is 0.0945. The molecule has 0 aromatic heterocycles. The van der Waals surface area contributed by atoms with Crippen LogP contribution in [-0.4, -0.2) is 30.8 Å². The molecule has 0 fully saturated rings. The quantitative estimate of drug-likeness (QED) is 0.705.